The highest BCUT2D eigenvalue weighted by Crippen LogP contribution is 2.07. The van der Waals surface area contributed by atoms with Crippen LogP contribution in [0.4, 0.5) is 0 Å². The number of rotatable bonds is 7. The molecule has 1 rings (SSSR count). The van der Waals surface area contributed by atoms with Crippen LogP contribution in [0.15, 0.2) is 12.3 Å². The zero-order valence-electron chi connectivity index (χ0n) is 11.0. The smallest absolute Gasteiger partial charge is 0.0522 e. The molecule has 1 atom stereocenters. The Hall–Kier alpha value is -0.830. The maximum absolute atomic E-state index is 4.38. The van der Waals surface area contributed by atoms with Crippen LogP contribution in [-0.4, -0.2) is 16.3 Å². The molecule has 0 fully saturated rings. The SMILES string of the molecule is CCC(C)Cn1nccc1CNCC(C)C. The summed E-state index contributed by atoms with van der Waals surface area (Å²) in [6.07, 6.45) is 3.10. The van der Waals surface area contributed by atoms with E-state index >= 15 is 0 Å². The molecule has 0 aromatic carbocycles. The third-order valence-electron chi connectivity index (χ3n) is 2.84. The van der Waals surface area contributed by atoms with E-state index < -0.39 is 0 Å². The molecule has 0 aliphatic rings. The maximum Gasteiger partial charge on any atom is 0.0522 e. The molecule has 3 nitrogen and oxygen atoms in total. The van der Waals surface area contributed by atoms with Crippen LogP contribution in [0.3, 0.4) is 0 Å². The van der Waals surface area contributed by atoms with Gasteiger partial charge < -0.3 is 5.32 Å². The molecule has 0 spiro atoms. The first kappa shape index (κ1) is 13.2. The van der Waals surface area contributed by atoms with Gasteiger partial charge in [0.1, 0.15) is 0 Å². The molecular formula is C13H25N3. The van der Waals surface area contributed by atoms with Gasteiger partial charge in [0.2, 0.25) is 0 Å². The van der Waals surface area contributed by atoms with Crippen molar-refractivity contribution in [3.8, 4) is 0 Å². The van der Waals surface area contributed by atoms with Crippen LogP contribution in [0.25, 0.3) is 0 Å². The molecule has 0 amide bonds. The van der Waals surface area contributed by atoms with Crippen molar-refractivity contribution in [3.63, 3.8) is 0 Å². The molecule has 92 valence electrons. The third-order valence-corrected chi connectivity index (χ3v) is 2.84. The molecule has 0 aliphatic carbocycles. The highest BCUT2D eigenvalue weighted by Gasteiger charge is 2.06. The van der Waals surface area contributed by atoms with Gasteiger partial charge in [-0.25, -0.2) is 0 Å². The van der Waals surface area contributed by atoms with E-state index in [1.807, 2.05) is 6.20 Å². The van der Waals surface area contributed by atoms with E-state index in [1.165, 1.54) is 12.1 Å². The van der Waals surface area contributed by atoms with Gasteiger partial charge in [-0.3, -0.25) is 4.68 Å². The first-order chi connectivity index (χ1) is 7.63. The second-order valence-electron chi connectivity index (χ2n) is 5.04. The minimum absolute atomic E-state index is 0.698. The second kappa shape index (κ2) is 6.69. The van der Waals surface area contributed by atoms with Crippen molar-refractivity contribution in [2.75, 3.05) is 6.54 Å². The highest BCUT2D eigenvalue weighted by atomic mass is 15.3. The quantitative estimate of drug-likeness (QED) is 0.770. The number of hydrogen-bond acceptors (Lipinski definition) is 2. The van der Waals surface area contributed by atoms with Crippen LogP contribution in [0.5, 0.6) is 0 Å². The van der Waals surface area contributed by atoms with Crippen LogP contribution in [0.1, 0.15) is 39.8 Å². The summed E-state index contributed by atoms with van der Waals surface area (Å²) in [6, 6.07) is 2.11. The molecule has 0 aliphatic heterocycles. The Bertz CT molecular complexity index is 291. The highest BCUT2D eigenvalue weighted by molar-refractivity contribution is 5.00. The monoisotopic (exact) mass is 223 g/mol. The molecule has 0 saturated carbocycles. The Kier molecular flexibility index (Phi) is 5.53. The number of hydrogen-bond donors (Lipinski definition) is 1. The predicted octanol–water partition coefficient (Wildman–Crippen LogP) is 2.67. The van der Waals surface area contributed by atoms with Crippen molar-refractivity contribution >= 4 is 0 Å². The van der Waals surface area contributed by atoms with Crippen molar-refractivity contribution in [1.82, 2.24) is 15.1 Å². The summed E-state index contributed by atoms with van der Waals surface area (Å²) in [7, 11) is 0. The van der Waals surface area contributed by atoms with Gasteiger partial charge >= 0.3 is 0 Å². The van der Waals surface area contributed by atoms with Crippen molar-refractivity contribution in [3.05, 3.63) is 18.0 Å². The Morgan fingerprint density at radius 1 is 1.38 bits per heavy atom. The molecule has 1 aromatic rings. The lowest BCUT2D eigenvalue weighted by Crippen LogP contribution is -2.22. The van der Waals surface area contributed by atoms with Crippen LogP contribution >= 0.6 is 0 Å². The van der Waals surface area contributed by atoms with Gasteiger partial charge in [0.15, 0.2) is 0 Å². The number of nitrogens with one attached hydrogen (secondary N) is 1. The standard InChI is InChI=1S/C13H25N3/c1-5-12(4)10-16-13(6-7-15-16)9-14-8-11(2)3/h6-7,11-12,14H,5,8-10H2,1-4H3. The molecule has 16 heavy (non-hydrogen) atoms. The van der Waals surface area contributed by atoms with Crippen molar-refractivity contribution in [2.24, 2.45) is 11.8 Å². The van der Waals surface area contributed by atoms with E-state index in [-0.39, 0.29) is 0 Å². The van der Waals surface area contributed by atoms with Gasteiger partial charge in [0, 0.05) is 19.3 Å². The fourth-order valence-corrected chi connectivity index (χ4v) is 1.59. The first-order valence-electron chi connectivity index (χ1n) is 6.34. The Morgan fingerprint density at radius 3 is 2.75 bits per heavy atom. The van der Waals surface area contributed by atoms with Crippen LogP contribution in [0.2, 0.25) is 0 Å². The van der Waals surface area contributed by atoms with E-state index in [2.05, 4.69) is 48.9 Å². The van der Waals surface area contributed by atoms with Crippen LogP contribution in [0, 0.1) is 11.8 Å². The van der Waals surface area contributed by atoms with Gasteiger partial charge in [-0.2, -0.15) is 5.10 Å². The summed E-state index contributed by atoms with van der Waals surface area (Å²) in [5.74, 6) is 1.40. The molecule has 0 bridgehead atoms. The third kappa shape index (κ3) is 4.35. The average molecular weight is 223 g/mol. The maximum atomic E-state index is 4.38. The lowest BCUT2D eigenvalue weighted by molar-refractivity contribution is 0.421. The van der Waals surface area contributed by atoms with E-state index in [9.17, 15) is 0 Å². The molecule has 0 saturated heterocycles. The molecule has 1 unspecified atom stereocenters. The summed E-state index contributed by atoms with van der Waals surface area (Å²) < 4.78 is 2.13. The molecule has 0 radical (unpaired) electrons. The van der Waals surface area contributed by atoms with Crippen molar-refractivity contribution in [2.45, 2.75) is 47.2 Å². The first-order valence-corrected chi connectivity index (χ1v) is 6.34. The average Bonchev–Trinajstić information content (AvgIpc) is 2.65. The van der Waals surface area contributed by atoms with Crippen molar-refractivity contribution < 1.29 is 0 Å². The minimum atomic E-state index is 0.698. The normalized spacial score (nSPS) is 13.3. The second-order valence-corrected chi connectivity index (χ2v) is 5.04. The Balaban J connectivity index is 2.44. The minimum Gasteiger partial charge on any atom is -0.311 e. The van der Waals surface area contributed by atoms with Crippen molar-refractivity contribution in [1.29, 1.82) is 0 Å². The lowest BCUT2D eigenvalue weighted by Gasteiger charge is -2.13. The van der Waals surface area contributed by atoms with Gasteiger partial charge in [-0.05, 0) is 24.4 Å². The predicted molar refractivity (Wildman–Crippen MR) is 68.2 cm³/mol. The van der Waals surface area contributed by atoms with E-state index in [0.717, 1.165) is 19.6 Å². The molecule has 3 heteroatoms. The van der Waals surface area contributed by atoms with Gasteiger partial charge in [0.25, 0.3) is 0 Å². The largest absolute Gasteiger partial charge is 0.311 e. The Labute approximate surface area is 99.2 Å². The zero-order chi connectivity index (χ0) is 12.0. The summed E-state index contributed by atoms with van der Waals surface area (Å²) in [4.78, 5) is 0. The summed E-state index contributed by atoms with van der Waals surface area (Å²) in [5.41, 5.74) is 1.29. The lowest BCUT2D eigenvalue weighted by atomic mass is 10.1. The summed E-state index contributed by atoms with van der Waals surface area (Å²) in [6.45, 7) is 12.0. The van der Waals surface area contributed by atoms with Gasteiger partial charge in [-0.1, -0.05) is 34.1 Å². The van der Waals surface area contributed by atoms with E-state index in [1.54, 1.807) is 0 Å². The van der Waals surface area contributed by atoms with E-state index in [4.69, 9.17) is 0 Å². The van der Waals surface area contributed by atoms with Gasteiger partial charge in [-0.15, -0.1) is 0 Å². The fourth-order valence-electron chi connectivity index (χ4n) is 1.59. The molecule has 1 heterocycles. The summed E-state index contributed by atoms with van der Waals surface area (Å²) in [5, 5.41) is 7.84. The molecular weight excluding hydrogens is 198 g/mol. The number of nitrogens with zero attached hydrogens (tertiary/aromatic N) is 2. The van der Waals surface area contributed by atoms with E-state index in [0.29, 0.717) is 11.8 Å². The fraction of sp³-hybridized carbons (Fsp3) is 0.769. The topological polar surface area (TPSA) is 29.9 Å². The van der Waals surface area contributed by atoms with Crippen LogP contribution < -0.4 is 5.32 Å². The number of aromatic nitrogens is 2. The van der Waals surface area contributed by atoms with Gasteiger partial charge in [0.05, 0.1) is 5.69 Å². The van der Waals surface area contributed by atoms with Crippen LogP contribution in [-0.2, 0) is 13.1 Å². The zero-order valence-corrected chi connectivity index (χ0v) is 11.0. The molecule has 1 N–H and O–H groups in total. The Morgan fingerprint density at radius 2 is 2.12 bits per heavy atom. The summed E-state index contributed by atoms with van der Waals surface area (Å²) >= 11 is 0. The molecule has 1 aromatic heterocycles.